The maximum absolute atomic E-state index is 12.7. The molecule has 30 heavy (non-hydrogen) atoms. The second kappa shape index (κ2) is 10.2. The van der Waals surface area contributed by atoms with E-state index in [1.807, 2.05) is 23.9 Å². The van der Waals surface area contributed by atoms with Crippen LogP contribution in [0.25, 0.3) is 0 Å². The summed E-state index contributed by atoms with van der Waals surface area (Å²) in [6, 6.07) is 11.5. The van der Waals surface area contributed by atoms with Gasteiger partial charge in [-0.1, -0.05) is 12.1 Å². The van der Waals surface area contributed by atoms with Gasteiger partial charge in [0, 0.05) is 48.9 Å². The summed E-state index contributed by atoms with van der Waals surface area (Å²) in [6.07, 6.45) is 5.06. The van der Waals surface area contributed by atoms with Crippen molar-refractivity contribution in [3.05, 3.63) is 54.0 Å². The summed E-state index contributed by atoms with van der Waals surface area (Å²) in [6.45, 7) is 2.86. The molecule has 0 spiro atoms. The van der Waals surface area contributed by atoms with Crippen LogP contribution in [-0.2, 0) is 15.3 Å². The highest BCUT2D eigenvalue weighted by molar-refractivity contribution is 7.99. The van der Waals surface area contributed by atoms with E-state index in [2.05, 4.69) is 17.4 Å². The predicted molar refractivity (Wildman–Crippen MR) is 118 cm³/mol. The standard InChI is InChI=1S/C23H28N2O4S/c26-22(18-6-10-25(11-7-18)23(27)21-5-2-12-29-21)24-19-4-1-3-17(15-19)16-30-20-8-13-28-14-9-20/h1-5,12,15,18,20H,6-11,13-14,16H2,(H,24,26). The van der Waals surface area contributed by atoms with Gasteiger partial charge in [-0.05, 0) is 55.5 Å². The van der Waals surface area contributed by atoms with Crippen LogP contribution < -0.4 is 5.32 Å². The number of anilines is 1. The third kappa shape index (κ3) is 5.46. The van der Waals surface area contributed by atoms with Crippen LogP contribution in [0.1, 0.15) is 41.8 Å². The number of nitrogens with zero attached hydrogens (tertiary/aromatic N) is 1. The zero-order valence-corrected chi connectivity index (χ0v) is 17.9. The molecule has 2 aliphatic heterocycles. The lowest BCUT2D eigenvalue weighted by Gasteiger charge is -2.30. The Balaban J connectivity index is 1.25. The molecule has 1 aromatic heterocycles. The van der Waals surface area contributed by atoms with E-state index in [0.717, 1.165) is 37.5 Å². The lowest BCUT2D eigenvalue weighted by molar-refractivity contribution is -0.121. The molecular formula is C23H28N2O4S. The van der Waals surface area contributed by atoms with E-state index in [1.54, 1.807) is 17.0 Å². The fraction of sp³-hybridized carbons (Fsp3) is 0.478. The Bertz CT molecular complexity index is 841. The normalized spacial score (nSPS) is 18.3. The van der Waals surface area contributed by atoms with E-state index < -0.39 is 0 Å². The van der Waals surface area contributed by atoms with Crippen molar-refractivity contribution < 1.29 is 18.7 Å². The molecule has 2 amide bonds. The number of carbonyl (C=O) groups is 2. The minimum atomic E-state index is -0.103. The largest absolute Gasteiger partial charge is 0.459 e. The number of thioether (sulfide) groups is 1. The molecule has 160 valence electrons. The molecular weight excluding hydrogens is 400 g/mol. The third-order valence-electron chi connectivity index (χ3n) is 5.73. The Labute approximate surface area is 181 Å². The summed E-state index contributed by atoms with van der Waals surface area (Å²) in [5.74, 6) is 1.16. The van der Waals surface area contributed by atoms with Crippen LogP contribution in [0.2, 0.25) is 0 Å². The molecule has 6 nitrogen and oxygen atoms in total. The summed E-state index contributed by atoms with van der Waals surface area (Å²) in [5.41, 5.74) is 2.07. The molecule has 1 aromatic carbocycles. The van der Waals surface area contributed by atoms with Gasteiger partial charge in [-0.25, -0.2) is 0 Å². The predicted octanol–water partition coefficient (Wildman–Crippen LogP) is 4.18. The van der Waals surface area contributed by atoms with Gasteiger partial charge in [-0.15, -0.1) is 0 Å². The quantitative estimate of drug-likeness (QED) is 0.747. The number of furan rings is 1. The first-order chi connectivity index (χ1) is 14.7. The van der Waals surface area contributed by atoms with E-state index in [4.69, 9.17) is 9.15 Å². The van der Waals surface area contributed by atoms with Gasteiger partial charge < -0.3 is 19.4 Å². The molecule has 3 heterocycles. The number of likely N-dealkylation sites (tertiary alicyclic amines) is 1. The second-order valence-electron chi connectivity index (χ2n) is 7.86. The maximum Gasteiger partial charge on any atom is 0.289 e. The van der Waals surface area contributed by atoms with Crippen LogP contribution in [0.4, 0.5) is 5.69 Å². The summed E-state index contributed by atoms with van der Waals surface area (Å²) >= 11 is 1.97. The average Bonchev–Trinajstić information content (AvgIpc) is 3.33. The van der Waals surface area contributed by atoms with Crippen molar-refractivity contribution >= 4 is 29.3 Å². The molecule has 1 N–H and O–H groups in total. The highest BCUT2D eigenvalue weighted by Crippen LogP contribution is 2.27. The van der Waals surface area contributed by atoms with E-state index >= 15 is 0 Å². The van der Waals surface area contributed by atoms with Gasteiger partial charge in [0.15, 0.2) is 5.76 Å². The topological polar surface area (TPSA) is 71.8 Å². The van der Waals surface area contributed by atoms with Crippen molar-refractivity contribution in [2.24, 2.45) is 5.92 Å². The maximum atomic E-state index is 12.7. The smallest absolute Gasteiger partial charge is 0.289 e. The van der Waals surface area contributed by atoms with E-state index in [0.29, 0.717) is 36.9 Å². The van der Waals surface area contributed by atoms with Gasteiger partial charge in [0.2, 0.25) is 5.91 Å². The molecule has 2 aliphatic rings. The summed E-state index contributed by atoms with van der Waals surface area (Å²) in [5, 5.41) is 3.73. The van der Waals surface area contributed by atoms with Gasteiger partial charge in [-0.2, -0.15) is 11.8 Å². The number of hydrogen-bond acceptors (Lipinski definition) is 5. The Morgan fingerprint density at radius 2 is 1.87 bits per heavy atom. The first-order valence-electron chi connectivity index (χ1n) is 10.6. The zero-order chi connectivity index (χ0) is 20.8. The van der Waals surface area contributed by atoms with Gasteiger partial charge in [0.05, 0.1) is 6.26 Å². The van der Waals surface area contributed by atoms with E-state index in [-0.39, 0.29) is 17.7 Å². The van der Waals surface area contributed by atoms with Crippen molar-refractivity contribution in [1.29, 1.82) is 0 Å². The molecule has 2 aromatic rings. The Morgan fingerprint density at radius 1 is 1.07 bits per heavy atom. The fourth-order valence-electron chi connectivity index (χ4n) is 3.94. The number of rotatable bonds is 6. The molecule has 7 heteroatoms. The molecule has 0 bridgehead atoms. The number of ether oxygens (including phenoxy) is 1. The highest BCUT2D eigenvalue weighted by atomic mass is 32.2. The van der Waals surface area contributed by atoms with Gasteiger partial charge in [0.25, 0.3) is 5.91 Å². The van der Waals surface area contributed by atoms with Crippen molar-refractivity contribution in [1.82, 2.24) is 4.90 Å². The van der Waals surface area contributed by atoms with Crippen LogP contribution in [0.15, 0.2) is 47.1 Å². The average molecular weight is 429 g/mol. The lowest BCUT2D eigenvalue weighted by atomic mass is 9.95. The minimum absolute atomic E-state index is 0.0364. The van der Waals surface area contributed by atoms with Crippen molar-refractivity contribution in [2.45, 2.75) is 36.7 Å². The number of nitrogens with one attached hydrogen (secondary N) is 1. The summed E-state index contributed by atoms with van der Waals surface area (Å²) in [7, 11) is 0. The molecule has 0 unspecified atom stereocenters. The Hall–Kier alpha value is -2.25. The van der Waals surface area contributed by atoms with Crippen LogP contribution in [0, 0.1) is 5.92 Å². The number of piperidine rings is 1. The van der Waals surface area contributed by atoms with Crippen molar-refractivity contribution in [3.8, 4) is 0 Å². The van der Waals surface area contributed by atoms with Crippen LogP contribution >= 0.6 is 11.8 Å². The molecule has 0 aliphatic carbocycles. The SMILES string of the molecule is O=C(Nc1cccc(CSC2CCOCC2)c1)C1CCN(C(=O)c2ccco2)CC1. The van der Waals surface area contributed by atoms with Crippen LogP contribution in [0.5, 0.6) is 0 Å². The van der Waals surface area contributed by atoms with Gasteiger partial charge >= 0.3 is 0 Å². The molecule has 0 atom stereocenters. The monoisotopic (exact) mass is 428 g/mol. The van der Waals surface area contributed by atoms with Crippen LogP contribution in [0.3, 0.4) is 0 Å². The van der Waals surface area contributed by atoms with Crippen molar-refractivity contribution in [3.63, 3.8) is 0 Å². The molecule has 0 saturated carbocycles. The molecule has 2 fully saturated rings. The first kappa shape index (κ1) is 21.0. The summed E-state index contributed by atoms with van der Waals surface area (Å²) < 4.78 is 10.6. The van der Waals surface area contributed by atoms with Crippen molar-refractivity contribution in [2.75, 3.05) is 31.6 Å². The minimum Gasteiger partial charge on any atom is -0.459 e. The van der Waals surface area contributed by atoms with Gasteiger partial charge in [0.1, 0.15) is 0 Å². The molecule has 2 saturated heterocycles. The highest BCUT2D eigenvalue weighted by Gasteiger charge is 2.28. The molecule has 0 radical (unpaired) electrons. The number of carbonyl (C=O) groups excluding carboxylic acids is 2. The zero-order valence-electron chi connectivity index (χ0n) is 17.0. The first-order valence-corrected chi connectivity index (χ1v) is 11.7. The fourth-order valence-corrected chi connectivity index (χ4v) is 5.07. The summed E-state index contributed by atoms with van der Waals surface area (Å²) in [4.78, 5) is 26.9. The third-order valence-corrected chi connectivity index (χ3v) is 7.18. The van der Waals surface area contributed by atoms with E-state index in [9.17, 15) is 9.59 Å². The Morgan fingerprint density at radius 3 is 2.60 bits per heavy atom. The lowest BCUT2D eigenvalue weighted by Crippen LogP contribution is -2.41. The van der Waals surface area contributed by atoms with E-state index in [1.165, 1.54) is 11.8 Å². The molecule has 4 rings (SSSR count). The number of benzene rings is 1. The number of amides is 2. The number of hydrogen-bond donors (Lipinski definition) is 1. The second-order valence-corrected chi connectivity index (χ2v) is 9.14. The Kier molecular flexibility index (Phi) is 7.12. The van der Waals surface area contributed by atoms with Gasteiger partial charge in [-0.3, -0.25) is 9.59 Å². The van der Waals surface area contributed by atoms with Crippen LogP contribution in [-0.4, -0.2) is 48.3 Å².